The van der Waals surface area contributed by atoms with E-state index < -0.39 is 11.6 Å². The summed E-state index contributed by atoms with van der Waals surface area (Å²) in [5.74, 6) is -1.14. The first-order valence-electron chi connectivity index (χ1n) is 9.81. The van der Waals surface area contributed by atoms with Crippen LogP contribution in [0.4, 0.5) is 11.4 Å². The summed E-state index contributed by atoms with van der Waals surface area (Å²) in [5.41, 5.74) is 2.43. The van der Waals surface area contributed by atoms with E-state index in [0.717, 1.165) is 0 Å². The molecule has 33 heavy (non-hydrogen) atoms. The van der Waals surface area contributed by atoms with Crippen LogP contribution in [0.15, 0.2) is 68.6 Å². The zero-order valence-electron chi connectivity index (χ0n) is 17.6. The van der Waals surface area contributed by atoms with Crippen LogP contribution >= 0.6 is 0 Å². The Labute approximate surface area is 186 Å². The van der Waals surface area contributed by atoms with Crippen LogP contribution in [0.3, 0.4) is 0 Å². The van der Waals surface area contributed by atoms with Crippen molar-refractivity contribution >= 4 is 40.9 Å². The largest absolute Gasteiger partial charge is 0.368 e. The van der Waals surface area contributed by atoms with Crippen LogP contribution in [0.2, 0.25) is 0 Å². The predicted molar refractivity (Wildman–Crippen MR) is 120 cm³/mol. The van der Waals surface area contributed by atoms with Gasteiger partial charge in [-0.25, -0.2) is 14.7 Å². The quantitative estimate of drug-likeness (QED) is 0.406. The zero-order chi connectivity index (χ0) is 23.5. The fraction of sp³-hybridized carbons (Fsp3) is 0.0870. The second-order valence-electron chi connectivity index (χ2n) is 7.17. The zero-order valence-corrected chi connectivity index (χ0v) is 17.6. The Morgan fingerprint density at radius 2 is 1.42 bits per heavy atom. The van der Waals surface area contributed by atoms with Gasteiger partial charge in [-0.2, -0.15) is 0 Å². The van der Waals surface area contributed by atoms with Crippen molar-refractivity contribution in [1.29, 1.82) is 0 Å². The van der Waals surface area contributed by atoms with E-state index >= 15 is 0 Å². The molecule has 0 saturated carbocycles. The average molecular weight is 446 g/mol. The number of nitrogens with zero attached hydrogens (tertiary/aromatic N) is 1. The van der Waals surface area contributed by atoms with Gasteiger partial charge >= 0.3 is 11.6 Å². The number of aromatic nitrogens is 1. The van der Waals surface area contributed by atoms with Gasteiger partial charge in [-0.05, 0) is 30.3 Å². The molecule has 3 aromatic rings. The fourth-order valence-corrected chi connectivity index (χ4v) is 3.26. The number of H-pyrrole nitrogens is 1. The molecule has 1 aliphatic heterocycles. The van der Waals surface area contributed by atoms with Crippen molar-refractivity contribution in [3.8, 4) is 11.3 Å². The highest BCUT2D eigenvalue weighted by Crippen LogP contribution is 2.26. The van der Waals surface area contributed by atoms with Crippen LogP contribution in [0.1, 0.15) is 25.0 Å². The van der Waals surface area contributed by atoms with Crippen LogP contribution in [0.25, 0.3) is 17.3 Å². The molecule has 0 bridgehead atoms. The molecule has 1 aliphatic rings. The van der Waals surface area contributed by atoms with Gasteiger partial charge in [0, 0.05) is 36.3 Å². The highest BCUT2D eigenvalue weighted by Gasteiger charge is 2.28. The Morgan fingerprint density at radius 3 is 1.97 bits per heavy atom. The average Bonchev–Trinajstić information content (AvgIpc) is 3.32. The number of hydrogen-bond donors (Lipinski definition) is 3. The number of oxime groups is 1. The summed E-state index contributed by atoms with van der Waals surface area (Å²) in [5, 5.41) is 11.7. The fourth-order valence-electron chi connectivity index (χ4n) is 3.26. The van der Waals surface area contributed by atoms with E-state index in [9.17, 15) is 19.2 Å². The monoisotopic (exact) mass is 446 g/mol. The summed E-state index contributed by atoms with van der Waals surface area (Å²) in [6.45, 7) is 2.80. The van der Waals surface area contributed by atoms with Gasteiger partial charge in [0.05, 0.1) is 16.8 Å². The van der Waals surface area contributed by atoms with Gasteiger partial charge in [0.25, 0.3) is 0 Å². The van der Waals surface area contributed by atoms with Crippen molar-refractivity contribution < 1.29 is 23.7 Å². The second kappa shape index (κ2) is 8.79. The van der Waals surface area contributed by atoms with E-state index in [1.165, 1.54) is 19.9 Å². The molecule has 0 aliphatic carbocycles. The molecule has 2 amide bonds. The molecule has 2 heterocycles. The third-order valence-corrected chi connectivity index (χ3v) is 4.69. The van der Waals surface area contributed by atoms with Gasteiger partial charge < -0.3 is 20.0 Å². The molecule has 1 aromatic heterocycles. The van der Waals surface area contributed by atoms with Crippen molar-refractivity contribution in [2.75, 3.05) is 10.6 Å². The number of carbonyl (C=O) groups excluding carboxylic acids is 3. The number of nitrogens with one attached hydrogen (secondary N) is 3. The molecular weight excluding hydrogens is 428 g/mol. The minimum absolute atomic E-state index is 0.0743. The number of anilines is 2. The molecule has 4 rings (SSSR count). The van der Waals surface area contributed by atoms with Crippen LogP contribution in [-0.2, 0) is 19.2 Å². The van der Waals surface area contributed by atoms with Crippen molar-refractivity contribution in [2.45, 2.75) is 13.8 Å². The molecule has 0 unspecified atom stereocenters. The van der Waals surface area contributed by atoms with Crippen LogP contribution in [0.5, 0.6) is 0 Å². The van der Waals surface area contributed by atoms with E-state index in [0.29, 0.717) is 28.2 Å². The summed E-state index contributed by atoms with van der Waals surface area (Å²) >= 11 is 0. The standard InChI is InChI=1S/C23H18N4O6/c1-12(28)24-16-7-3-14(4-8-16)20-18(22(30)32-26-20)11-19-21(27-33-23(19)31)15-5-9-17(10-6-15)25-13(2)29/h3-11,26H,1-2H3,(H,24,28)(H,25,29). The van der Waals surface area contributed by atoms with E-state index in [1.54, 1.807) is 48.5 Å². The van der Waals surface area contributed by atoms with Crippen molar-refractivity contribution in [1.82, 2.24) is 5.16 Å². The first-order valence-corrected chi connectivity index (χ1v) is 9.81. The van der Waals surface area contributed by atoms with Gasteiger partial charge in [-0.1, -0.05) is 29.4 Å². The maximum absolute atomic E-state index is 12.4. The number of carbonyl (C=O) groups is 3. The lowest BCUT2D eigenvalue weighted by Gasteiger charge is -2.05. The Morgan fingerprint density at radius 1 is 0.879 bits per heavy atom. The molecule has 2 aromatic carbocycles. The lowest BCUT2D eigenvalue weighted by atomic mass is 9.99. The molecule has 3 N–H and O–H groups in total. The highest BCUT2D eigenvalue weighted by molar-refractivity contribution is 6.31. The van der Waals surface area contributed by atoms with E-state index in [2.05, 4.69) is 20.9 Å². The molecular formula is C23H18N4O6. The van der Waals surface area contributed by atoms with Crippen LogP contribution in [-0.4, -0.2) is 28.7 Å². The molecule has 0 fully saturated rings. The van der Waals surface area contributed by atoms with E-state index in [1.807, 2.05) is 0 Å². The van der Waals surface area contributed by atoms with Gasteiger partial charge in [0.15, 0.2) is 0 Å². The maximum atomic E-state index is 12.4. The van der Waals surface area contributed by atoms with Gasteiger partial charge in [-0.3, -0.25) is 9.59 Å². The molecule has 0 radical (unpaired) electrons. The first kappa shape index (κ1) is 21.5. The van der Waals surface area contributed by atoms with E-state index in [-0.39, 0.29) is 28.7 Å². The third-order valence-electron chi connectivity index (χ3n) is 4.69. The number of rotatable bonds is 5. The Bertz CT molecular complexity index is 1360. The lowest BCUT2D eigenvalue weighted by Crippen LogP contribution is -2.09. The number of aromatic amines is 1. The summed E-state index contributed by atoms with van der Waals surface area (Å²) in [7, 11) is 0. The highest BCUT2D eigenvalue weighted by atomic mass is 16.7. The molecule has 0 atom stereocenters. The van der Waals surface area contributed by atoms with Crippen LogP contribution < -0.4 is 16.3 Å². The number of amides is 2. The topological polar surface area (TPSA) is 143 Å². The maximum Gasteiger partial charge on any atom is 0.368 e. The second-order valence-corrected chi connectivity index (χ2v) is 7.17. The predicted octanol–water partition coefficient (Wildman–Crippen LogP) is 2.90. The summed E-state index contributed by atoms with van der Waals surface area (Å²) in [6.07, 6.45) is 1.36. The number of benzene rings is 2. The Kier molecular flexibility index (Phi) is 5.73. The molecule has 10 nitrogen and oxygen atoms in total. The SMILES string of the molecule is CC(=O)Nc1ccc(C2=NOC(=O)C2=Cc2c(-c3ccc(NC(C)=O)cc3)[nH]oc2=O)cc1. The summed E-state index contributed by atoms with van der Waals surface area (Å²) in [4.78, 5) is 52.0. The number of hydrogen-bond acceptors (Lipinski definition) is 7. The van der Waals surface area contributed by atoms with Gasteiger partial charge in [0.2, 0.25) is 11.8 Å². The minimum Gasteiger partial charge on any atom is -0.338 e. The smallest absolute Gasteiger partial charge is 0.338 e. The molecule has 166 valence electrons. The Hall–Kier alpha value is -4.73. The van der Waals surface area contributed by atoms with Crippen LogP contribution in [0, 0.1) is 0 Å². The van der Waals surface area contributed by atoms with E-state index in [4.69, 9.17) is 9.36 Å². The summed E-state index contributed by atoms with van der Waals surface area (Å²) in [6, 6.07) is 13.4. The first-order chi connectivity index (χ1) is 15.8. The summed E-state index contributed by atoms with van der Waals surface area (Å²) < 4.78 is 4.96. The van der Waals surface area contributed by atoms with Crippen molar-refractivity contribution in [3.63, 3.8) is 0 Å². The lowest BCUT2D eigenvalue weighted by molar-refractivity contribution is -0.136. The molecule has 0 spiro atoms. The molecule has 0 saturated heterocycles. The third kappa shape index (κ3) is 4.64. The Balaban J connectivity index is 1.68. The normalized spacial score (nSPS) is 14.1. The van der Waals surface area contributed by atoms with Gasteiger partial charge in [-0.15, -0.1) is 0 Å². The van der Waals surface area contributed by atoms with Crippen molar-refractivity contribution in [2.24, 2.45) is 5.16 Å². The molecule has 10 heteroatoms. The van der Waals surface area contributed by atoms with Crippen molar-refractivity contribution in [3.05, 3.63) is 75.7 Å². The van der Waals surface area contributed by atoms with Gasteiger partial charge in [0.1, 0.15) is 5.71 Å². The minimum atomic E-state index is -0.719.